The lowest BCUT2D eigenvalue weighted by Crippen LogP contribution is -2.46. The summed E-state index contributed by atoms with van der Waals surface area (Å²) in [5.41, 5.74) is 1.17. The molecule has 1 aromatic carbocycles. The Morgan fingerprint density at radius 1 is 1.28 bits per heavy atom. The van der Waals surface area contributed by atoms with Gasteiger partial charge in [0.15, 0.2) is 0 Å². The third-order valence-corrected chi connectivity index (χ3v) is 5.17. The molecule has 1 aliphatic heterocycles. The second kappa shape index (κ2) is 5.10. The third kappa shape index (κ3) is 2.45. The van der Waals surface area contributed by atoms with E-state index in [4.69, 9.17) is 4.74 Å². The highest BCUT2D eigenvalue weighted by Crippen LogP contribution is 2.47. The molecule has 2 fully saturated rings. The van der Waals surface area contributed by atoms with Gasteiger partial charge in [-0.2, -0.15) is 0 Å². The molecule has 98 valence electrons. The van der Waals surface area contributed by atoms with Crippen molar-refractivity contribution in [2.45, 2.75) is 43.8 Å². The highest BCUT2D eigenvalue weighted by molar-refractivity contribution is 14.1. The molecule has 1 N–H and O–H groups in total. The smallest absolute Gasteiger partial charge is 0.0820 e. The van der Waals surface area contributed by atoms with Gasteiger partial charge in [0.25, 0.3) is 0 Å². The van der Waals surface area contributed by atoms with Gasteiger partial charge in [0, 0.05) is 10.2 Å². The Balaban J connectivity index is 1.71. The van der Waals surface area contributed by atoms with Crippen molar-refractivity contribution in [3.63, 3.8) is 0 Å². The second-order valence-corrected chi connectivity index (χ2v) is 6.88. The summed E-state index contributed by atoms with van der Waals surface area (Å²) in [5.74, 6) is 0.360. The van der Waals surface area contributed by atoms with E-state index >= 15 is 0 Å². The van der Waals surface area contributed by atoms with Crippen molar-refractivity contribution < 1.29 is 9.84 Å². The molecule has 3 heteroatoms. The Morgan fingerprint density at radius 3 is 2.61 bits per heavy atom. The summed E-state index contributed by atoms with van der Waals surface area (Å²) >= 11 is 2.29. The summed E-state index contributed by atoms with van der Waals surface area (Å²) in [6, 6.07) is 8.24. The van der Waals surface area contributed by atoms with Crippen LogP contribution in [-0.2, 0) is 4.74 Å². The fraction of sp³-hybridized carbons (Fsp3) is 0.600. The summed E-state index contributed by atoms with van der Waals surface area (Å²) in [4.78, 5) is 0. The maximum Gasteiger partial charge on any atom is 0.0820 e. The molecule has 1 spiro atoms. The molecule has 0 bridgehead atoms. The van der Waals surface area contributed by atoms with Gasteiger partial charge in [-0.05, 0) is 78.3 Å². The van der Waals surface area contributed by atoms with Crippen LogP contribution < -0.4 is 0 Å². The molecule has 1 saturated carbocycles. The first kappa shape index (κ1) is 12.9. The van der Waals surface area contributed by atoms with E-state index in [0.29, 0.717) is 5.92 Å². The Hall–Kier alpha value is -0.130. The van der Waals surface area contributed by atoms with Crippen molar-refractivity contribution in [3.8, 4) is 0 Å². The van der Waals surface area contributed by atoms with Crippen LogP contribution in [0.25, 0.3) is 0 Å². The van der Waals surface area contributed by atoms with Crippen molar-refractivity contribution in [2.75, 3.05) is 6.61 Å². The maximum atomic E-state index is 10.5. The van der Waals surface area contributed by atoms with Crippen LogP contribution in [0.3, 0.4) is 0 Å². The largest absolute Gasteiger partial charge is 0.388 e. The average molecular weight is 358 g/mol. The van der Waals surface area contributed by atoms with Gasteiger partial charge in [0.1, 0.15) is 0 Å². The predicted octanol–water partition coefficient (Wildman–Crippen LogP) is 3.67. The zero-order chi connectivity index (χ0) is 12.6. The first-order valence-electron chi connectivity index (χ1n) is 6.76. The van der Waals surface area contributed by atoms with Crippen LogP contribution in [0.1, 0.15) is 43.8 Å². The van der Waals surface area contributed by atoms with Gasteiger partial charge in [-0.25, -0.2) is 0 Å². The van der Waals surface area contributed by atoms with Gasteiger partial charge in [-0.15, -0.1) is 0 Å². The number of benzene rings is 1. The molecule has 1 aromatic rings. The highest BCUT2D eigenvalue weighted by Gasteiger charge is 2.44. The Morgan fingerprint density at radius 2 is 2.00 bits per heavy atom. The summed E-state index contributed by atoms with van der Waals surface area (Å²) in [5, 5.41) is 10.5. The van der Waals surface area contributed by atoms with Crippen LogP contribution in [0.5, 0.6) is 0 Å². The molecule has 3 rings (SSSR count). The van der Waals surface area contributed by atoms with E-state index in [0.717, 1.165) is 25.0 Å². The number of hydrogen-bond donors (Lipinski definition) is 1. The topological polar surface area (TPSA) is 29.5 Å². The van der Waals surface area contributed by atoms with E-state index in [1.807, 2.05) is 0 Å². The second-order valence-electron chi connectivity index (χ2n) is 5.63. The van der Waals surface area contributed by atoms with E-state index in [1.54, 1.807) is 0 Å². The monoisotopic (exact) mass is 358 g/mol. The first-order chi connectivity index (χ1) is 8.69. The molecule has 1 saturated heterocycles. The Labute approximate surface area is 122 Å². The van der Waals surface area contributed by atoms with Gasteiger partial charge >= 0.3 is 0 Å². The van der Waals surface area contributed by atoms with Crippen LogP contribution in [0.15, 0.2) is 24.3 Å². The first-order valence-corrected chi connectivity index (χ1v) is 7.84. The fourth-order valence-corrected chi connectivity index (χ4v) is 3.55. The summed E-state index contributed by atoms with van der Waals surface area (Å²) in [6.07, 6.45) is 5.33. The van der Waals surface area contributed by atoms with Gasteiger partial charge in [-0.3, -0.25) is 0 Å². The van der Waals surface area contributed by atoms with Gasteiger partial charge < -0.3 is 9.84 Å². The predicted molar refractivity (Wildman–Crippen MR) is 79.4 cm³/mol. The van der Waals surface area contributed by atoms with Crippen LogP contribution in [0.4, 0.5) is 0 Å². The van der Waals surface area contributed by atoms with Crippen molar-refractivity contribution in [3.05, 3.63) is 33.4 Å². The van der Waals surface area contributed by atoms with Crippen LogP contribution in [-0.4, -0.2) is 17.3 Å². The number of halogens is 1. The molecular formula is C15H19IO2. The SMILES string of the molecule is OC(c1ccc(I)cc1)C1CCOC2(CCC2)C1. The van der Waals surface area contributed by atoms with E-state index in [-0.39, 0.29) is 11.7 Å². The number of rotatable bonds is 2. The van der Waals surface area contributed by atoms with E-state index in [9.17, 15) is 5.11 Å². The Kier molecular flexibility index (Phi) is 3.65. The lowest BCUT2D eigenvalue weighted by molar-refractivity contribution is -0.157. The minimum absolute atomic E-state index is 0.118. The molecule has 1 aliphatic carbocycles. The fourth-order valence-electron chi connectivity index (χ4n) is 3.19. The molecule has 2 unspecified atom stereocenters. The molecule has 0 amide bonds. The van der Waals surface area contributed by atoms with Crippen LogP contribution >= 0.6 is 22.6 Å². The number of ether oxygens (including phenoxy) is 1. The lowest BCUT2D eigenvalue weighted by Gasteiger charge is -2.48. The molecule has 0 aromatic heterocycles. The van der Waals surface area contributed by atoms with Crippen molar-refractivity contribution >= 4 is 22.6 Å². The molecule has 2 atom stereocenters. The summed E-state index contributed by atoms with van der Waals surface area (Å²) < 4.78 is 7.14. The Bertz CT molecular complexity index is 411. The number of aliphatic hydroxyl groups excluding tert-OH is 1. The molecular weight excluding hydrogens is 339 g/mol. The average Bonchev–Trinajstić information content (AvgIpc) is 2.37. The van der Waals surface area contributed by atoms with Gasteiger partial charge in [-0.1, -0.05) is 12.1 Å². The van der Waals surface area contributed by atoms with E-state index in [1.165, 1.54) is 22.8 Å². The zero-order valence-corrected chi connectivity index (χ0v) is 12.6. The minimum Gasteiger partial charge on any atom is -0.388 e. The molecule has 18 heavy (non-hydrogen) atoms. The summed E-state index contributed by atoms with van der Waals surface area (Å²) in [7, 11) is 0. The van der Waals surface area contributed by atoms with Crippen molar-refractivity contribution in [1.82, 2.24) is 0 Å². The lowest BCUT2D eigenvalue weighted by atomic mass is 9.70. The van der Waals surface area contributed by atoms with E-state index < -0.39 is 0 Å². The molecule has 2 aliphatic rings. The molecule has 2 nitrogen and oxygen atoms in total. The number of aliphatic hydroxyl groups is 1. The summed E-state index contributed by atoms with van der Waals surface area (Å²) in [6.45, 7) is 0.812. The maximum absolute atomic E-state index is 10.5. The molecule has 0 radical (unpaired) electrons. The van der Waals surface area contributed by atoms with Crippen LogP contribution in [0.2, 0.25) is 0 Å². The van der Waals surface area contributed by atoms with Crippen molar-refractivity contribution in [1.29, 1.82) is 0 Å². The quantitative estimate of drug-likeness (QED) is 0.818. The van der Waals surface area contributed by atoms with Gasteiger partial charge in [0.05, 0.1) is 11.7 Å². The van der Waals surface area contributed by atoms with E-state index in [2.05, 4.69) is 46.9 Å². The minimum atomic E-state index is -0.330. The third-order valence-electron chi connectivity index (χ3n) is 4.45. The molecule has 1 heterocycles. The zero-order valence-electron chi connectivity index (χ0n) is 10.4. The van der Waals surface area contributed by atoms with Gasteiger partial charge in [0.2, 0.25) is 0 Å². The van der Waals surface area contributed by atoms with Crippen LogP contribution in [0, 0.1) is 9.49 Å². The van der Waals surface area contributed by atoms with Crippen molar-refractivity contribution in [2.24, 2.45) is 5.92 Å². The standard InChI is InChI=1S/C15H19IO2/c16-13-4-2-11(3-5-13)14(17)12-6-9-18-15(10-12)7-1-8-15/h2-5,12,14,17H,1,6-10H2. The normalized spacial score (nSPS) is 27.8. The highest BCUT2D eigenvalue weighted by atomic mass is 127. The number of hydrogen-bond acceptors (Lipinski definition) is 2.